The van der Waals surface area contributed by atoms with Crippen molar-refractivity contribution < 1.29 is 33.3 Å². The first kappa shape index (κ1) is 22.0. The Balaban J connectivity index is 1.49. The predicted molar refractivity (Wildman–Crippen MR) is 122 cm³/mol. The summed E-state index contributed by atoms with van der Waals surface area (Å²) >= 11 is 0. The molecule has 0 bridgehead atoms. The fourth-order valence-electron chi connectivity index (χ4n) is 3.36. The van der Waals surface area contributed by atoms with E-state index in [-0.39, 0.29) is 23.9 Å². The second kappa shape index (κ2) is 9.48. The van der Waals surface area contributed by atoms with Gasteiger partial charge in [0, 0.05) is 17.2 Å². The standard InChI is InChI=1S/C26H22O7/c1-29-18-6-4-16(5-7-18)22(27)15-32-20-8-10-21-24(14-20)33-25(26(21)28)13-17-12-19(30-2)9-11-23(17)31-3/h4-14H,15H2,1-3H3/b25-13-. The average Bonchev–Trinajstić information content (AvgIpc) is 3.16. The van der Waals surface area contributed by atoms with Gasteiger partial charge in [-0.05, 0) is 60.7 Å². The van der Waals surface area contributed by atoms with Gasteiger partial charge in [0.25, 0.3) is 0 Å². The zero-order valence-electron chi connectivity index (χ0n) is 18.4. The molecule has 0 unspecified atom stereocenters. The third-order valence-corrected chi connectivity index (χ3v) is 5.15. The van der Waals surface area contributed by atoms with Crippen molar-refractivity contribution in [3.05, 3.63) is 83.1 Å². The smallest absolute Gasteiger partial charge is 0.231 e. The average molecular weight is 446 g/mol. The third kappa shape index (κ3) is 4.67. The lowest BCUT2D eigenvalue weighted by atomic mass is 10.1. The molecule has 3 aromatic rings. The lowest BCUT2D eigenvalue weighted by Crippen LogP contribution is -2.11. The Hall–Kier alpha value is -4.26. The summed E-state index contributed by atoms with van der Waals surface area (Å²) in [5.41, 5.74) is 1.58. The van der Waals surface area contributed by atoms with E-state index in [1.165, 1.54) is 0 Å². The number of hydrogen-bond donors (Lipinski definition) is 0. The van der Waals surface area contributed by atoms with E-state index in [1.54, 1.807) is 88.1 Å². The largest absolute Gasteiger partial charge is 0.497 e. The number of carbonyl (C=O) groups is 2. The van der Waals surface area contributed by atoms with Crippen molar-refractivity contribution in [1.29, 1.82) is 0 Å². The highest BCUT2D eigenvalue weighted by molar-refractivity contribution is 6.14. The van der Waals surface area contributed by atoms with Crippen LogP contribution in [0, 0.1) is 0 Å². The summed E-state index contributed by atoms with van der Waals surface area (Å²) in [5, 5.41) is 0. The van der Waals surface area contributed by atoms with Crippen molar-refractivity contribution in [3.63, 3.8) is 0 Å². The predicted octanol–water partition coefficient (Wildman–Crippen LogP) is 4.59. The zero-order chi connectivity index (χ0) is 23.4. The lowest BCUT2D eigenvalue weighted by Gasteiger charge is -2.08. The van der Waals surface area contributed by atoms with Gasteiger partial charge in [0.2, 0.25) is 5.78 Å². The van der Waals surface area contributed by atoms with Crippen LogP contribution in [0.2, 0.25) is 0 Å². The Morgan fingerprint density at radius 3 is 2.24 bits per heavy atom. The zero-order valence-corrected chi connectivity index (χ0v) is 18.4. The summed E-state index contributed by atoms with van der Waals surface area (Å²) in [6, 6.07) is 16.9. The number of benzene rings is 3. The van der Waals surface area contributed by atoms with Crippen molar-refractivity contribution in [1.82, 2.24) is 0 Å². The Labute approximate surface area is 191 Å². The molecule has 7 nitrogen and oxygen atoms in total. The van der Waals surface area contributed by atoms with Crippen LogP contribution in [0.1, 0.15) is 26.3 Å². The molecule has 0 saturated carbocycles. The number of ether oxygens (including phenoxy) is 5. The van der Waals surface area contributed by atoms with Gasteiger partial charge < -0.3 is 23.7 Å². The van der Waals surface area contributed by atoms with Gasteiger partial charge in [-0.2, -0.15) is 0 Å². The Morgan fingerprint density at radius 2 is 1.55 bits per heavy atom. The summed E-state index contributed by atoms with van der Waals surface area (Å²) in [7, 11) is 4.67. The van der Waals surface area contributed by atoms with Crippen molar-refractivity contribution in [2.24, 2.45) is 0 Å². The molecule has 0 fully saturated rings. The quantitative estimate of drug-likeness (QED) is 0.370. The minimum absolute atomic E-state index is 0.150. The minimum atomic E-state index is -0.254. The molecule has 0 aliphatic carbocycles. The van der Waals surface area contributed by atoms with Gasteiger partial charge in [-0.1, -0.05) is 0 Å². The molecule has 1 aliphatic rings. The van der Waals surface area contributed by atoms with Crippen LogP contribution in [0.4, 0.5) is 0 Å². The maximum atomic E-state index is 12.8. The van der Waals surface area contributed by atoms with Gasteiger partial charge in [-0.15, -0.1) is 0 Å². The molecule has 33 heavy (non-hydrogen) atoms. The molecule has 0 aromatic heterocycles. The minimum Gasteiger partial charge on any atom is -0.497 e. The van der Waals surface area contributed by atoms with Crippen molar-refractivity contribution in [2.45, 2.75) is 0 Å². The Kier molecular flexibility index (Phi) is 6.31. The maximum absolute atomic E-state index is 12.8. The molecular formula is C26H22O7. The highest BCUT2D eigenvalue weighted by Gasteiger charge is 2.28. The van der Waals surface area contributed by atoms with Crippen LogP contribution in [0.3, 0.4) is 0 Å². The molecular weight excluding hydrogens is 424 g/mol. The molecule has 168 valence electrons. The van der Waals surface area contributed by atoms with Crippen LogP contribution < -0.4 is 23.7 Å². The second-order valence-corrected chi connectivity index (χ2v) is 7.15. The monoisotopic (exact) mass is 446 g/mol. The van der Waals surface area contributed by atoms with Crippen LogP contribution in [-0.4, -0.2) is 39.5 Å². The topological polar surface area (TPSA) is 80.3 Å². The SMILES string of the molecule is COc1ccc(C(=O)COc2ccc3c(c2)O/C(=C\c2cc(OC)ccc2OC)C3=O)cc1. The van der Waals surface area contributed by atoms with Crippen LogP contribution in [0.15, 0.2) is 66.4 Å². The van der Waals surface area contributed by atoms with Gasteiger partial charge in [0.05, 0.1) is 26.9 Å². The van der Waals surface area contributed by atoms with E-state index in [9.17, 15) is 9.59 Å². The number of carbonyl (C=O) groups excluding carboxylic acids is 2. The van der Waals surface area contributed by atoms with Gasteiger partial charge >= 0.3 is 0 Å². The van der Waals surface area contributed by atoms with Crippen LogP contribution >= 0.6 is 0 Å². The number of rotatable bonds is 8. The molecule has 1 heterocycles. The van der Waals surface area contributed by atoms with E-state index in [2.05, 4.69) is 0 Å². The fourth-order valence-corrected chi connectivity index (χ4v) is 3.36. The second-order valence-electron chi connectivity index (χ2n) is 7.15. The first-order chi connectivity index (χ1) is 16.0. The molecule has 0 atom stereocenters. The van der Waals surface area contributed by atoms with Gasteiger partial charge in [0.1, 0.15) is 28.7 Å². The van der Waals surface area contributed by atoms with Gasteiger partial charge in [-0.25, -0.2) is 0 Å². The van der Waals surface area contributed by atoms with Crippen LogP contribution in [0.25, 0.3) is 6.08 Å². The van der Waals surface area contributed by atoms with Crippen LogP contribution in [-0.2, 0) is 0 Å². The number of methoxy groups -OCH3 is 3. The van der Waals surface area contributed by atoms with Crippen LogP contribution in [0.5, 0.6) is 28.7 Å². The molecule has 0 spiro atoms. The number of hydrogen-bond acceptors (Lipinski definition) is 7. The van der Waals surface area contributed by atoms with E-state index < -0.39 is 0 Å². The first-order valence-electron chi connectivity index (χ1n) is 10.1. The number of fused-ring (bicyclic) bond motifs is 1. The van der Waals surface area contributed by atoms with E-state index >= 15 is 0 Å². The lowest BCUT2D eigenvalue weighted by molar-refractivity contribution is 0.0920. The van der Waals surface area contributed by atoms with E-state index in [0.29, 0.717) is 45.4 Å². The van der Waals surface area contributed by atoms with Gasteiger partial charge in [-0.3, -0.25) is 9.59 Å². The Bertz CT molecular complexity index is 1230. The highest BCUT2D eigenvalue weighted by Crippen LogP contribution is 2.36. The number of allylic oxidation sites excluding steroid dienone is 1. The summed E-state index contributed by atoms with van der Waals surface area (Å²) in [5.74, 6) is 2.38. The molecule has 1 aliphatic heterocycles. The summed E-state index contributed by atoms with van der Waals surface area (Å²) in [6.45, 7) is -0.150. The van der Waals surface area contributed by atoms with Crippen molar-refractivity contribution in [2.75, 3.05) is 27.9 Å². The molecule has 4 rings (SSSR count). The first-order valence-corrected chi connectivity index (χ1v) is 10.1. The third-order valence-electron chi connectivity index (χ3n) is 5.15. The fraction of sp³-hybridized carbons (Fsp3) is 0.154. The van der Waals surface area contributed by atoms with Gasteiger partial charge in [0.15, 0.2) is 18.1 Å². The summed E-state index contributed by atoms with van der Waals surface area (Å²) in [4.78, 5) is 25.2. The molecule has 0 amide bonds. The van der Waals surface area contributed by atoms with E-state index in [0.717, 1.165) is 0 Å². The van der Waals surface area contributed by atoms with E-state index in [4.69, 9.17) is 23.7 Å². The Morgan fingerprint density at radius 1 is 0.848 bits per heavy atom. The van der Waals surface area contributed by atoms with Crippen molar-refractivity contribution in [3.8, 4) is 28.7 Å². The normalized spacial score (nSPS) is 13.3. The highest BCUT2D eigenvalue weighted by atomic mass is 16.5. The molecule has 0 saturated heterocycles. The summed E-state index contributed by atoms with van der Waals surface area (Å²) in [6.07, 6.45) is 1.61. The van der Waals surface area contributed by atoms with E-state index in [1.807, 2.05) is 0 Å². The molecule has 0 N–H and O–H groups in total. The number of ketones is 2. The maximum Gasteiger partial charge on any atom is 0.231 e. The molecule has 0 radical (unpaired) electrons. The van der Waals surface area contributed by atoms with Crippen molar-refractivity contribution >= 4 is 17.6 Å². The summed E-state index contributed by atoms with van der Waals surface area (Å²) < 4.78 is 27.1. The number of Topliss-reactive ketones (excluding diaryl/α,β-unsaturated/α-hetero) is 2. The molecule has 3 aromatic carbocycles. The molecule has 7 heteroatoms.